The molecule has 1 saturated heterocycles. The Hall–Kier alpha value is -1.86. The largest absolute Gasteiger partial charge is 0.462 e. The van der Waals surface area contributed by atoms with Gasteiger partial charge in [-0.1, -0.05) is 38.0 Å². The number of carbonyl (C=O) groups is 2. The first-order valence-corrected chi connectivity index (χ1v) is 17.6. The lowest BCUT2D eigenvalue weighted by Crippen LogP contribution is -2.61. The van der Waals surface area contributed by atoms with Crippen LogP contribution in [0.1, 0.15) is 86.0 Å². The molecule has 2 heterocycles. The molecule has 6 rings (SSSR count). The van der Waals surface area contributed by atoms with Gasteiger partial charge in [0.2, 0.25) is 0 Å². The molecule has 0 spiro atoms. The summed E-state index contributed by atoms with van der Waals surface area (Å²) >= 11 is 0. The first kappa shape index (κ1) is 35.0. The van der Waals surface area contributed by atoms with Gasteiger partial charge >= 0.3 is 11.9 Å². The average molecular weight is 663 g/mol. The van der Waals surface area contributed by atoms with Crippen molar-refractivity contribution in [1.29, 1.82) is 0 Å². The minimum absolute atomic E-state index is 0.0872. The molecule has 0 amide bonds. The van der Waals surface area contributed by atoms with Crippen LogP contribution in [-0.2, 0) is 28.5 Å². The van der Waals surface area contributed by atoms with Crippen LogP contribution in [0.2, 0.25) is 0 Å². The van der Waals surface area contributed by atoms with E-state index in [1.54, 1.807) is 0 Å². The predicted octanol–water partition coefficient (Wildman–Crippen LogP) is 2.55. The van der Waals surface area contributed by atoms with Crippen LogP contribution in [0.25, 0.3) is 0 Å². The Balaban J connectivity index is 1.22. The Kier molecular flexibility index (Phi) is 9.76. The average Bonchev–Trinajstić information content (AvgIpc) is 3.38. The Bertz CT molecular complexity index is 1280. The maximum Gasteiger partial charge on any atom is 0.336 e. The van der Waals surface area contributed by atoms with Gasteiger partial charge in [0.05, 0.1) is 24.9 Å². The molecule has 0 bridgehead atoms. The van der Waals surface area contributed by atoms with Crippen molar-refractivity contribution in [3.05, 3.63) is 22.8 Å². The van der Waals surface area contributed by atoms with Crippen molar-refractivity contribution in [3.8, 4) is 0 Å². The second-order valence-electron chi connectivity index (χ2n) is 15.8. The molecule has 47 heavy (non-hydrogen) atoms. The number of hydrogen-bond donors (Lipinski definition) is 5. The number of esters is 2. The van der Waals surface area contributed by atoms with Crippen molar-refractivity contribution in [2.45, 2.75) is 135 Å². The van der Waals surface area contributed by atoms with Crippen LogP contribution in [0.5, 0.6) is 0 Å². The van der Waals surface area contributed by atoms with Gasteiger partial charge in [-0.25, -0.2) is 4.79 Å². The van der Waals surface area contributed by atoms with Crippen LogP contribution in [0.3, 0.4) is 0 Å². The zero-order valence-electron chi connectivity index (χ0n) is 28.3. The summed E-state index contributed by atoms with van der Waals surface area (Å²) in [5.74, 6) is 1.03. The molecule has 3 saturated carbocycles. The van der Waals surface area contributed by atoms with Gasteiger partial charge in [-0.05, 0) is 80.5 Å². The molecule has 6 aliphatic rings. The molecular weight excluding hydrogens is 608 g/mol. The number of ether oxygens (including phenoxy) is 4. The summed E-state index contributed by atoms with van der Waals surface area (Å²) < 4.78 is 23.9. The van der Waals surface area contributed by atoms with E-state index >= 15 is 0 Å². The van der Waals surface area contributed by atoms with Gasteiger partial charge in [-0.2, -0.15) is 0 Å². The lowest BCUT2D eigenvalue weighted by Gasteiger charge is -2.60. The normalized spacial score (nSPS) is 47.3. The summed E-state index contributed by atoms with van der Waals surface area (Å²) in [7, 11) is 0. The van der Waals surface area contributed by atoms with Crippen LogP contribution in [-0.4, -0.2) is 99.7 Å². The zero-order chi connectivity index (χ0) is 34.0. The van der Waals surface area contributed by atoms with Crippen LogP contribution < -0.4 is 0 Å². The number of allylic oxidation sites excluding steroid dienone is 1. The lowest BCUT2D eigenvalue weighted by atomic mass is 9.46. The molecule has 4 fully saturated rings. The van der Waals surface area contributed by atoms with Gasteiger partial charge in [0.25, 0.3) is 0 Å². The number of aliphatic hydroxyl groups is 5. The van der Waals surface area contributed by atoms with Crippen LogP contribution >= 0.6 is 0 Å². The van der Waals surface area contributed by atoms with E-state index in [-0.39, 0.29) is 30.0 Å². The Morgan fingerprint density at radius 2 is 1.81 bits per heavy atom. The summed E-state index contributed by atoms with van der Waals surface area (Å²) in [5.41, 5.74) is 2.18. The van der Waals surface area contributed by atoms with E-state index in [0.717, 1.165) is 37.7 Å². The van der Waals surface area contributed by atoms with E-state index in [1.165, 1.54) is 12.5 Å². The van der Waals surface area contributed by atoms with E-state index in [2.05, 4.69) is 26.8 Å². The van der Waals surface area contributed by atoms with Crippen LogP contribution in [0.4, 0.5) is 0 Å². The van der Waals surface area contributed by atoms with Gasteiger partial charge in [0, 0.05) is 25.2 Å². The summed E-state index contributed by atoms with van der Waals surface area (Å²) in [4.78, 5) is 25.2. The van der Waals surface area contributed by atoms with Crippen LogP contribution in [0.15, 0.2) is 22.8 Å². The third kappa shape index (κ3) is 5.81. The number of rotatable bonds is 7. The molecule has 4 aliphatic carbocycles. The fraction of sp³-hybridized carbons (Fsp3) is 0.833. The molecule has 0 aromatic rings. The molecule has 0 aromatic heterocycles. The first-order chi connectivity index (χ1) is 22.2. The predicted molar refractivity (Wildman–Crippen MR) is 168 cm³/mol. The number of fused-ring (bicyclic) bond motifs is 5. The Morgan fingerprint density at radius 3 is 2.47 bits per heavy atom. The van der Waals surface area contributed by atoms with E-state index in [4.69, 9.17) is 18.9 Å². The molecule has 5 N–H and O–H groups in total. The summed E-state index contributed by atoms with van der Waals surface area (Å²) in [6.45, 7) is 9.42. The number of carbonyl (C=O) groups excluding carboxylic acids is 2. The van der Waals surface area contributed by atoms with E-state index in [9.17, 15) is 35.1 Å². The topological polar surface area (TPSA) is 172 Å². The van der Waals surface area contributed by atoms with Gasteiger partial charge in [-0.3, -0.25) is 4.79 Å². The minimum Gasteiger partial charge on any atom is -0.462 e. The van der Waals surface area contributed by atoms with Crippen molar-refractivity contribution in [2.75, 3.05) is 13.2 Å². The molecule has 11 heteroatoms. The SMILES string of the molecule is CC(=O)OC1CC(OC2OC(CO)C(O)C(O)C2O)CC2=CCC3C4CCC(C(C)C5CC(C)=C(CO)C(=O)O5)C4(C)CCC3C21C. The Labute approximate surface area is 277 Å². The van der Waals surface area contributed by atoms with Gasteiger partial charge in [-0.15, -0.1) is 0 Å². The smallest absolute Gasteiger partial charge is 0.336 e. The number of aliphatic hydroxyl groups excluding tert-OH is 5. The van der Waals surface area contributed by atoms with Crippen molar-refractivity contribution in [1.82, 2.24) is 0 Å². The molecule has 2 aliphatic heterocycles. The quantitative estimate of drug-likeness (QED) is 0.200. The molecule has 0 aromatic carbocycles. The fourth-order valence-corrected chi connectivity index (χ4v) is 11.0. The van der Waals surface area contributed by atoms with Crippen molar-refractivity contribution < 1.29 is 54.1 Å². The van der Waals surface area contributed by atoms with Gasteiger partial charge in [0.15, 0.2) is 6.29 Å². The maximum absolute atomic E-state index is 12.7. The van der Waals surface area contributed by atoms with Crippen molar-refractivity contribution >= 4 is 11.9 Å². The van der Waals surface area contributed by atoms with E-state index in [0.29, 0.717) is 48.5 Å². The molecule has 15 unspecified atom stereocenters. The first-order valence-electron chi connectivity index (χ1n) is 17.6. The lowest BCUT2D eigenvalue weighted by molar-refractivity contribution is -0.315. The highest BCUT2D eigenvalue weighted by Crippen LogP contribution is 2.68. The highest BCUT2D eigenvalue weighted by atomic mass is 16.7. The van der Waals surface area contributed by atoms with E-state index < -0.39 is 60.9 Å². The summed E-state index contributed by atoms with van der Waals surface area (Å²) in [6, 6.07) is 0. The van der Waals surface area contributed by atoms with Crippen molar-refractivity contribution in [3.63, 3.8) is 0 Å². The molecule has 11 nitrogen and oxygen atoms in total. The molecule has 0 radical (unpaired) electrons. The maximum atomic E-state index is 12.7. The third-order valence-corrected chi connectivity index (χ3v) is 13.6. The van der Waals surface area contributed by atoms with E-state index in [1.807, 2.05) is 6.92 Å². The number of hydrogen-bond acceptors (Lipinski definition) is 11. The van der Waals surface area contributed by atoms with Crippen LogP contribution in [0, 0.1) is 40.4 Å². The standard InChI is InChI=1S/C36H54O11/c1-17-12-27(46-33(43)23(17)15-37)18(2)24-8-9-25-22-7-6-20-13-21(45-34-32(42)31(41)30(40)28(16-38)47-34)14-29(44-19(3)39)36(20,5)26(22)10-11-35(24,25)4/h6,18,21-22,24-32,34,37-38,40-42H,7-16H2,1-5H3. The third-order valence-electron chi connectivity index (χ3n) is 13.6. The highest BCUT2D eigenvalue weighted by Gasteiger charge is 2.63. The highest BCUT2D eigenvalue weighted by molar-refractivity contribution is 5.90. The minimum atomic E-state index is -1.53. The van der Waals surface area contributed by atoms with Gasteiger partial charge < -0.3 is 44.5 Å². The Morgan fingerprint density at radius 1 is 1.06 bits per heavy atom. The fourth-order valence-electron chi connectivity index (χ4n) is 11.0. The number of cyclic esters (lactones) is 1. The van der Waals surface area contributed by atoms with Crippen molar-refractivity contribution in [2.24, 2.45) is 40.4 Å². The molecule has 15 atom stereocenters. The molecular formula is C36H54O11. The second kappa shape index (κ2) is 13.1. The monoisotopic (exact) mass is 662 g/mol. The summed E-state index contributed by atoms with van der Waals surface area (Å²) in [6.07, 6.45) is 1.10. The second-order valence-corrected chi connectivity index (χ2v) is 15.8. The van der Waals surface area contributed by atoms with Gasteiger partial charge in [0.1, 0.15) is 36.6 Å². The molecule has 264 valence electrons. The summed E-state index contributed by atoms with van der Waals surface area (Å²) in [5, 5.41) is 50.4. The zero-order valence-corrected chi connectivity index (χ0v) is 28.3.